The minimum Gasteiger partial charge on any atom is -0.384 e. The summed E-state index contributed by atoms with van der Waals surface area (Å²) in [5, 5.41) is 7.17. The number of nitrogens with one attached hydrogen (secondary N) is 2. The van der Waals surface area contributed by atoms with Gasteiger partial charge in [0.05, 0.1) is 0 Å². The molecule has 1 fully saturated rings. The van der Waals surface area contributed by atoms with Crippen LogP contribution in [0.3, 0.4) is 0 Å². The largest absolute Gasteiger partial charge is 0.384 e. The summed E-state index contributed by atoms with van der Waals surface area (Å²) in [6, 6.07) is 9.37. The molecule has 0 aromatic heterocycles. The molecule has 0 bridgehead atoms. The fourth-order valence-corrected chi connectivity index (χ4v) is 3.05. The average molecular weight is 202 g/mol. The van der Waals surface area contributed by atoms with E-state index in [4.69, 9.17) is 0 Å². The van der Waals surface area contributed by atoms with Crippen LogP contribution in [0.25, 0.3) is 0 Å². The van der Waals surface area contributed by atoms with E-state index in [1.807, 2.05) is 0 Å². The number of fused-ring (bicyclic) bond motifs is 1. The van der Waals surface area contributed by atoms with Gasteiger partial charge in [-0.3, -0.25) is 0 Å². The molecule has 0 spiro atoms. The van der Waals surface area contributed by atoms with Crippen LogP contribution in [0.1, 0.15) is 25.3 Å². The van der Waals surface area contributed by atoms with Crippen LogP contribution >= 0.6 is 0 Å². The zero-order valence-corrected chi connectivity index (χ0v) is 9.22. The first-order valence-electron chi connectivity index (χ1n) is 5.87. The number of rotatable bonds is 1. The van der Waals surface area contributed by atoms with E-state index in [9.17, 15) is 0 Å². The minimum absolute atomic E-state index is 0.285. The van der Waals surface area contributed by atoms with Gasteiger partial charge in [0.25, 0.3) is 0 Å². The topological polar surface area (TPSA) is 24.1 Å². The van der Waals surface area contributed by atoms with Gasteiger partial charge in [0.2, 0.25) is 0 Å². The molecule has 2 aliphatic rings. The van der Waals surface area contributed by atoms with Gasteiger partial charge in [0.1, 0.15) is 0 Å². The van der Waals surface area contributed by atoms with Crippen LogP contribution in [-0.4, -0.2) is 19.1 Å². The van der Waals surface area contributed by atoms with Crippen LogP contribution in [0.5, 0.6) is 0 Å². The Morgan fingerprint density at radius 3 is 3.00 bits per heavy atom. The van der Waals surface area contributed by atoms with E-state index in [0.717, 1.165) is 6.54 Å². The van der Waals surface area contributed by atoms with Crippen LogP contribution in [0, 0.1) is 0 Å². The van der Waals surface area contributed by atoms with Gasteiger partial charge >= 0.3 is 0 Å². The Balaban J connectivity index is 2.00. The van der Waals surface area contributed by atoms with Gasteiger partial charge in [-0.25, -0.2) is 0 Å². The number of anilines is 1. The van der Waals surface area contributed by atoms with Crippen molar-refractivity contribution < 1.29 is 0 Å². The van der Waals surface area contributed by atoms with Crippen LogP contribution < -0.4 is 10.6 Å². The molecule has 15 heavy (non-hydrogen) atoms. The van der Waals surface area contributed by atoms with Gasteiger partial charge in [-0.05, 0) is 31.0 Å². The van der Waals surface area contributed by atoms with Crippen molar-refractivity contribution in [3.63, 3.8) is 0 Å². The second kappa shape index (κ2) is 3.24. The van der Waals surface area contributed by atoms with Crippen molar-refractivity contribution in [3.05, 3.63) is 29.8 Å². The molecule has 3 rings (SSSR count). The van der Waals surface area contributed by atoms with Gasteiger partial charge in [0, 0.05) is 23.7 Å². The van der Waals surface area contributed by atoms with E-state index < -0.39 is 0 Å². The maximum atomic E-state index is 3.64. The third-order valence-corrected chi connectivity index (χ3v) is 4.02. The molecule has 1 saturated heterocycles. The Hall–Kier alpha value is -1.02. The number of hydrogen-bond donors (Lipinski definition) is 2. The van der Waals surface area contributed by atoms with E-state index in [1.54, 1.807) is 0 Å². The summed E-state index contributed by atoms with van der Waals surface area (Å²) < 4.78 is 0. The monoisotopic (exact) mass is 202 g/mol. The molecule has 0 radical (unpaired) electrons. The molecule has 80 valence electrons. The Morgan fingerprint density at radius 2 is 2.20 bits per heavy atom. The summed E-state index contributed by atoms with van der Waals surface area (Å²) in [6.45, 7) is 4.64. The van der Waals surface area contributed by atoms with Crippen molar-refractivity contribution in [2.75, 3.05) is 18.4 Å². The van der Waals surface area contributed by atoms with Crippen LogP contribution in [-0.2, 0) is 5.41 Å². The molecule has 0 amide bonds. The lowest BCUT2D eigenvalue weighted by Gasteiger charge is -2.31. The molecule has 2 heterocycles. The zero-order valence-electron chi connectivity index (χ0n) is 9.22. The van der Waals surface area contributed by atoms with E-state index >= 15 is 0 Å². The summed E-state index contributed by atoms with van der Waals surface area (Å²) in [5.74, 6) is 0. The summed E-state index contributed by atoms with van der Waals surface area (Å²) in [4.78, 5) is 0. The molecule has 1 aromatic rings. The number of benzene rings is 1. The SMILES string of the molecule is CC1(C2CCCN2)CNc2ccccc21. The second-order valence-corrected chi connectivity index (χ2v) is 4.97. The maximum Gasteiger partial charge on any atom is 0.0379 e. The molecule has 2 N–H and O–H groups in total. The standard InChI is InChI=1S/C13H18N2/c1-13(12-7-4-8-14-12)9-15-11-6-3-2-5-10(11)13/h2-3,5-6,12,14-15H,4,7-9H2,1H3. The molecule has 2 atom stereocenters. The summed E-state index contributed by atoms with van der Waals surface area (Å²) in [5.41, 5.74) is 3.10. The lowest BCUT2D eigenvalue weighted by atomic mass is 9.77. The van der Waals surface area contributed by atoms with E-state index in [-0.39, 0.29) is 5.41 Å². The van der Waals surface area contributed by atoms with Crippen molar-refractivity contribution in [1.82, 2.24) is 5.32 Å². The van der Waals surface area contributed by atoms with E-state index in [0.29, 0.717) is 6.04 Å². The first-order chi connectivity index (χ1) is 7.31. The summed E-state index contributed by atoms with van der Waals surface area (Å²) >= 11 is 0. The predicted molar refractivity (Wildman–Crippen MR) is 63.3 cm³/mol. The van der Waals surface area contributed by atoms with Crippen LogP contribution in [0.15, 0.2) is 24.3 Å². The zero-order chi connectivity index (χ0) is 10.3. The highest BCUT2D eigenvalue weighted by Crippen LogP contribution is 2.40. The molecule has 0 aliphatic carbocycles. The van der Waals surface area contributed by atoms with E-state index in [2.05, 4.69) is 41.8 Å². The third-order valence-electron chi connectivity index (χ3n) is 4.02. The quantitative estimate of drug-likeness (QED) is 0.729. The first kappa shape index (κ1) is 9.22. The molecule has 2 aliphatic heterocycles. The fraction of sp³-hybridized carbons (Fsp3) is 0.538. The average Bonchev–Trinajstić information content (AvgIpc) is 2.88. The molecule has 2 heteroatoms. The first-order valence-corrected chi connectivity index (χ1v) is 5.87. The highest BCUT2D eigenvalue weighted by molar-refractivity contribution is 5.60. The molecule has 2 unspecified atom stereocenters. The third kappa shape index (κ3) is 1.28. The second-order valence-electron chi connectivity index (χ2n) is 4.97. The predicted octanol–water partition coefficient (Wildman–Crippen LogP) is 2.12. The van der Waals surface area contributed by atoms with Crippen LogP contribution in [0.4, 0.5) is 5.69 Å². The van der Waals surface area contributed by atoms with Crippen molar-refractivity contribution in [3.8, 4) is 0 Å². The van der Waals surface area contributed by atoms with Gasteiger partial charge in [-0.1, -0.05) is 25.1 Å². The summed E-state index contributed by atoms with van der Waals surface area (Å²) in [6.07, 6.45) is 2.63. The highest BCUT2D eigenvalue weighted by Gasteiger charge is 2.41. The Morgan fingerprint density at radius 1 is 1.33 bits per heavy atom. The summed E-state index contributed by atoms with van der Waals surface area (Å²) in [7, 11) is 0. The maximum absolute atomic E-state index is 3.64. The Kier molecular flexibility index (Phi) is 1.99. The number of para-hydroxylation sites is 1. The van der Waals surface area contributed by atoms with Gasteiger partial charge in [-0.15, -0.1) is 0 Å². The molecule has 2 nitrogen and oxygen atoms in total. The van der Waals surface area contributed by atoms with Crippen molar-refractivity contribution in [1.29, 1.82) is 0 Å². The Bertz CT molecular complexity index is 369. The van der Waals surface area contributed by atoms with E-state index in [1.165, 1.54) is 30.6 Å². The highest BCUT2D eigenvalue weighted by atomic mass is 15.0. The molecule has 1 aromatic carbocycles. The van der Waals surface area contributed by atoms with Crippen molar-refractivity contribution in [2.24, 2.45) is 0 Å². The molecule has 0 saturated carbocycles. The molecular weight excluding hydrogens is 184 g/mol. The molecular formula is C13H18N2. The van der Waals surface area contributed by atoms with Crippen molar-refractivity contribution in [2.45, 2.75) is 31.2 Å². The van der Waals surface area contributed by atoms with Gasteiger partial charge in [-0.2, -0.15) is 0 Å². The van der Waals surface area contributed by atoms with Crippen LogP contribution in [0.2, 0.25) is 0 Å². The van der Waals surface area contributed by atoms with Crippen molar-refractivity contribution >= 4 is 5.69 Å². The normalized spacial score (nSPS) is 33.8. The lowest BCUT2D eigenvalue weighted by molar-refractivity contribution is 0.376. The van der Waals surface area contributed by atoms with Gasteiger partial charge < -0.3 is 10.6 Å². The van der Waals surface area contributed by atoms with Gasteiger partial charge in [0.15, 0.2) is 0 Å². The fourth-order valence-electron chi connectivity index (χ4n) is 3.05. The minimum atomic E-state index is 0.285. The number of hydrogen-bond acceptors (Lipinski definition) is 2. The Labute approximate surface area is 91.1 Å². The smallest absolute Gasteiger partial charge is 0.0379 e. The lowest BCUT2D eigenvalue weighted by Crippen LogP contribution is -2.44.